The zero-order valence-electron chi connectivity index (χ0n) is 12.4. The van der Waals surface area contributed by atoms with Gasteiger partial charge in [0, 0.05) is 12.0 Å². The van der Waals surface area contributed by atoms with Crippen LogP contribution in [-0.4, -0.2) is 38.8 Å². The molecule has 0 spiro atoms. The Morgan fingerprint density at radius 2 is 2.29 bits per heavy atom. The Morgan fingerprint density at radius 3 is 2.90 bits per heavy atom. The number of benzene rings is 1. The molecule has 1 saturated carbocycles. The zero-order chi connectivity index (χ0) is 15.2. The summed E-state index contributed by atoms with van der Waals surface area (Å²) in [5.74, 6) is -0.956. The first-order valence-electron chi connectivity index (χ1n) is 7.15. The number of para-hydroxylation sites is 1. The van der Waals surface area contributed by atoms with Gasteiger partial charge >= 0.3 is 5.97 Å². The van der Waals surface area contributed by atoms with Crippen molar-refractivity contribution in [1.29, 1.82) is 0 Å². The van der Waals surface area contributed by atoms with Crippen LogP contribution in [0.4, 0.5) is 0 Å². The molecular weight excluding hydrogens is 270 g/mol. The number of rotatable bonds is 4. The fourth-order valence-electron chi connectivity index (χ4n) is 3.15. The SMILES string of the molecule is CCOC1CC(n2nnc3cccc(C(=O)O)c32)C1(C)C. The topological polar surface area (TPSA) is 77.2 Å². The Labute approximate surface area is 122 Å². The molecule has 3 rings (SSSR count). The van der Waals surface area contributed by atoms with Gasteiger partial charge in [-0.15, -0.1) is 5.10 Å². The van der Waals surface area contributed by atoms with Crippen LogP contribution >= 0.6 is 0 Å². The Balaban J connectivity index is 2.05. The molecule has 1 aliphatic carbocycles. The van der Waals surface area contributed by atoms with Crippen molar-refractivity contribution in [3.05, 3.63) is 23.8 Å². The van der Waals surface area contributed by atoms with E-state index in [4.69, 9.17) is 4.74 Å². The van der Waals surface area contributed by atoms with Gasteiger partial charge in [-0.1, -0.05) is 25.1 Å². The van der Waals surface area contributed by atoms with Crippen molar-refractivity contribution >= 4 is 17.0 Å². The average Bonchev–Trinajstić information content (AvgIpc) is 2.86. The molecule has 0 aliphatic heterocycles. The zero-order valence-corrected chi connectivity index (χ0v) is 12.4. The van der Waals surface area contributed by atoms with E-state index in [1.54, 1.807) is 22.9 Å². The highest BCUT2D eigenvalue weighted by molar-refractivity contribution is 6.00. The minimum absolute atomic E-state index is 0.0950. The highest BCUT2D eigenvalue weighted by Gasteiger charge is 2.51. The van der Waals surface area contributed by atoms with Gasteiger partial charge in [-0.05, 0) is 25.5 Å². The van der Waals surface area contributed by atoms with E-state index in [0.717, 1.165) is 6.42 Å². The minimum atomic E-state index is -0.956. The first-order chi connectivity index (χ1) is 9.96. The molecule has 6 heteroatoms. The average molecular weight is 289 g/mol. The molecule has 6 nitrogen and oxygen atoms in total. The molecule has 0 bridgehead atoms. The Hall–Kier alpha value is -1.95. The number of ether oxygens (including phenoxy) is 1. The number of aromatic nitrogens is 3. The Morgan fingerprint density at radius 1 is 1.52 bits per heavy atom. The van der Waals surface area contributed by atoms with Gasteiger partial charge in [-0.25, -0.2) is 9.48 Å². The third-order valence-corrected chi connectivity index (χ3v) is 4.51. The van der Waals surface area contributed by atoms with Crippen molar-refractivity contribution in [3.63, 3.8) is 0 Å². The van der Waals surface area contributed by atoms with Crippen molar-refractivity contribution in [2.75, 3.05) is 6.61 Å². The largest absolute Gasteiger partial charge is 0.478 e. The van der Waals surface area contributed by atoms with Crippen LogP contribution in [0, 0.1) is 5.41 Å². The van der Waals surface area contributed by atoms with Crippen LogP contribution in [0.25, 0.3) is 11.0 Å². The third kappa shape index (κ3) is 2.01. The Bertz CT molecular complexity index is 693. The standard InChI is InChI=1S/C15H19N3O3/c1-4-21-12-8-11(15(12,2)3)18-13-9(14(19)20)6-5-7-10(13)16-17-18/h5-7,11-12H,4,8H2,1-3H3,(H,19,20). The predicted octanol–water partition coefficient (Wildman–Crippen LogP) is 2.51. The van der Waals surface area contributed by atoms with E-state index < -0.39 is 5.97 Å². The fourth-order valence-corrected chi connectivity index (χ4v) is 3.15. The van der Waals surface area contributed by atoms with Gasteiger partial charge in [0.1, 0.15) is 11.0 Å². The second-order valence-corrected chi connectivity index (χ2v) is 6.03. The number of carboxylic acids is 1. The van der Waals surface area contributed by atoms with Crippen molar-refractivity contribution in [2.45, 2.75) is 39.3 Å². The molecule has 0 amide bonds. The molecule has 2 unspecified atom stereocenters. The highest BCUT2D eigenvalue weighted by atomic mass is 16.5. The maximum absolute atomic E-state index is 11.4. The van der Waals surface area contributed by atoms with Crippen LogP contribution in [0.1, 0.15) is 43.6 Å². The molecular formula is C15H19N3O3. The quantitative estimate of drug-likeness (QED) is 0.935. The molecule has 112 valence electrons. The van der Waals surface area contributed by atoms with E-state index in [0.29, 0.717) is 17.6 Å². The summed E-state index contributed by atoms with van der Waals surface area (Å²) in [6.07, 6.45) is 0.997. The number of hydrogen-bond donors (Lipinski definition) is 1. The summed E-state index contributed by atoms with van der Waals surface area (Å²) in [7, 11) is 0. The second-order valence-electron chi connectivity index (χ2n) is 6.03. The molecule has 1 aromatic heterocycles. The molecule has 0 saturated heterocycles. The molecule has 2 atom stereocenters. The summed E-state index contributed by atoms with van der Waals surface area (Å²) >= 11 is 0. The number of aromatic carboxylic acids is 1. The predicted molar refractivity (Wildman–Crippen MR) is 77.3 cm³/mol. The van der Waals surface area contributed by atoms with Gasteiger partial charge in [0.15, 0.2) is 0 Å². The fraction of sp³-hybridized carbons (Fsp3) is 0.533. The van der Waals surface area contributed by atoms with Crippen LogP contribution in [0.5, 0.6) is 0 Å². The van der Waals surface area contributed by atoms with E-state index >= 15 is 0 Å². The van der Waals surface area contributed by atoms with E-state index in [2.05, 4.69) is 24.2 Å². The van der Waals surface area contributed by atoms with Crippen molar-refractivity contribution in [2.24, 2.45) is 5.41 Å². The molecule has 21 heavy (non-hydrogen) atoms. The van der Waals surface area contributed by atoms with Crippen molar-refractivity contribution in [1.82, 2.24) is 15.0 Å². The summed E-state index contributed by atoms with van der Waals surface area (Å²) in [5, 5.41) is 17.7. The van der Waals surface area contributed by atoms with E-state index in [1.807, 2.05) is 6.92 Å². The van der Waals surface area contributed by atoms with Gasteiger partial charge in [-0.2, -0.15) is 0 Å². The summed E-state index contributed by atoms with van der Waals surface area (Å²) in [4.78, 5) is 11.4. The van der Waals surface area contributed by atoms with Crippen LogP contribution in [0.3, 0.4) is 0 Å². The minimum Gasteiger partial charge on any atom is -0.478 e. The maximum atomic E-state index is 11.4. The highest BCUT2D eigenvalue weighted by Crippen LogP contribution is 2.51. The lowest BCUT2D eigenvalue weighted by Gasteiger charge is -2.51. The number of carbonyl (C=O) groups is 1. The number of carboxylic acid groups (broad SMARTS) is 1. The second kappa shape index (κ2) is 4.80. The Kier molecular flexibility index (Phi) is 3.20. The van der Waals surface area contributed by atoms with Crippen LogP contribution in [0.15, 0.2) is 18.2 Å². The number of fused-ring (bicyclic) bond motifs is 1. The third-order valence-electron chi connectivity index (χ3n) is 4.51. The molecule has 0 radical (unpaired) electrons. The summed E-state index contributed by atoms with van der Waals surface area (Å²) in [6, 6.07) is 5.17. The molecule has 2 aromatic rings. The molecule has 1 fully saturated rings. The van der Waals surface area contributed by atoms with Crippen molar-refractivity contribution < 1.29 is 14.6 Å². The lowest BCUT2D eigenvalue weighted by molar-refractivity contribution is -0.130. The molecule has 1 aliphatic rings. The van der Waals surface area contributed by atoms with Crippen LogP contribution in [0.2, 0.25) is 0 Å². The lowest BCUT2D eigenvalue weighted by Crippen LogP contribution is -2.51. The lowest BCUT2D eigenvalue weighted by atomic mass is 9.64. The normalized spacial score (nSPS) is 24.0. The van der Waals surface area contributed by atoms with Crippen molar-refractivity contribution in [3.8, 4) is 0 Å². The summed E-state index contributed by atoms with van der Waals surface area (Å²) in [6.45, 7) is 6.91. The van der Waals surface area contributed by atoms with E-state index in [9.17, 15) is 9.90 Å². The van der Waals surface area contributed by atoms with Gasteiger partial charge in [-0.3, -0.25) is 0 Å². The summed E-state index contributed by atoms with van der Waals surface area (Å²) in [5.41, 5.74) is 1.36. The molecule has 1 heterocycles. The number of hydrogen-bond acceptors (Lipinski definition) is 4. The van der Waals surface area contributed by atoms with Gasteiger partial charge in [0.2, 0.25) is 0 Å². The molecule has 1 N–H and O–H groups in total. The monoisotopic (exact) mass is 289 g/mol. The van der Waals surface area contributed by atoms with Crippen LogP contribution in [-0.2, 0) is 4.74 Å². The van der Waals surface area contributed by atoms with E-state index in [-0.39, 0.29) is 23.1 Å². The first kappa shape index (κ1) is 14.0. The smallest absolute Gasteiger partial charge is 0.337 e. The van der Waals surface area contributed by atoms with Gasteiger partial charge < -0.3 is 9.84 Å². The molecule has 1 aromatic carbocycles. The van der Waals surface area contributed by atoms with E-state index in [1.165, 1.54) is 0 Å². The summed E-state index contributed by atoms with van der Waals surface area (Å²) < 4.78 is 7.49. The number of nitrogens with zero attached hydrogens (tertiary/aromatic N) is 3. The van der Waals surface area contributed by atoms with Gasteiger partial charge in [0.05, 0.1) is 17.7 Å². The first-order valence-corrected chi connectivity index (χ1v) is 7.15. The van der Waals surface area contributed by atoms with Crippen LogP contribution < -0.4 is 0 Å². The van der Waals surface area contributed by atoms with Gasteiger partial charge in [0.25, 0.3) is 0 Å². The maximum Gasteiger partial charge on any atom is 0.337 e.